The molecular formula is C3H5BrO3. The lowest BCUT2D eigenvalue weighted by Gasteiger charge is -2.05. The number of hydrogen-bond acceptors (Lipinski definition) is 2. The van der Waals surface area contributed by atoms with Crippen molar-refractivity contribution in [3.05, 3.63) is 0 Å². The zero-order valence-electron chi connectivity index (χ0n) is 3.68. The summed E-state index contributed by atoms with van der Waals surface area (Å²) in [5.74, 6) is -1.28. The van der Waals surface area contributed by atoms with Gasteiger partial charge in [-0.3, -0.25) is 0 Å². The fourth-order valence-corrected chi connectivity index (χ4v) is 0. The summed E-state index contributed by atoms with van der Waals surface area (Å²) in [6.45, 7) is 1.13. The van der Waals surface area contributed by atoms with Crippen LogP contribution < -0.4 is 0 Å². The number of carbonyl (C=O) groups is 1. The van der Waals surface area contributed by atoms with Gasteiger partial charge in [0.1, 0.15) is 0 Å². The topological polar surface area (TPSA) is 57.5 Å². The molecule has 0 radical (unpaired) electrons. The van der Waals surface area contributed by atoms with Crippen LogP contribution in [0.3, 0.4) is 0 Å². The smallest absolute Gasteiger partial charge is 0.346 e. The molecule has 0 amide bonds. The Balaban J connectivity index is 3.79. The highest BCUT2D eigenvalue weighted by Crippen LogP contribution is 2.10. The van der Waals surface area contributed by atoms with Crippen LogP contribution in [0.1, 0.15) is 6.92 Å². The minimum absolute atomic E-state index is 1.13. The molecule has 0 heterocycles. The van der Waals surface area contributed by atoms with Gasteiger partial charge in [0.25, 0.3) is 0 Å². The molecule has 2 N–H and O–H groups in total. The summed E-state index contributed by atoms with van der Waals surface area (Å²) in [7, 11) is 0. The normalized spacial score (nSPS) is 18.1. The summed E-state index contributed by atoms with van der Waals surface area (Å²) in [5, 5.41) is 16.4. The molecule has 0 aliphatic rings. The van der Waals surface area contributed by atoms with Crippen molar-refractivity contribution >= 4 is 21.9 Å². The Hall–Kier alpha value is -0.0900. The summed E-state index contributed by atoms with van der Waals surface area (Å²) in [4.78, 5) is 9.72. The number of hydrogen-bond donors (Lipinski definition) is 2. The van der Waals surface area contributed by atoms with Crippen LogP contribution in [-0.4, -0.2) is 20.7 Å². The molecule has 0 rings (SSSR count). The van der Waals surface area contributed by atoms with E-state index in [1.165, 1.54) is 0 Å². The van der Waals surface area contributed by atoms with E-state index in [0.717, 1.165) is 6.92 Å². The minimum Gasteiger partial charge on any atom is -0.478 e. The molecule has 1 atom stereocenters. The number of aliphatic carboxylic acids is 1. The van der Waals surface area contributed by atoms with Crippen LogP contribution in [0.15, 0.2) is 0 Å². The molecule has 0 spiro atoms. The molecule has 0 saturated carbocycles. The number of alkyl halides is 1. The van der Waals surface area contributed by atoms with Gasteiger partial charge in [-0.25, -0.2) is 4.79 Å². The van der Waals surface area contributed by atoms with Crippen LogP contribution in [0.25, 0.3) is 0 Å². The number of halogens is 1. The van der Waals surface area contributed by atoms with Gasteiger partial charge in [0.15, 0.2) is 0 Å². The average molecular weight is 169 g/mol. The summed E-state index contributed by atoms with van der Waals surface area (Å²) in [5.41, 5.74) is 0. The quantitative estimate of drug-likeness (QED) is 0.550. The van der Waals surface area contributed by atoms with Gasteiger partial charge < -0.3 is 10.2 Å². The largest absolute Gasteiger partial charge is 0.478 e. The zero-order valence-corrected chi connectivity index (χ0v) is 5.27. The first-order chi connectivity index (χ1) is 2.94. The SMILES string of the molecule is CC(O)(Br)C(=O)O. The maximum Gasteiger partial charge on any atom is 0.346 e. The Morgan fingerprint density at radius 1 is 1.86 bits per heavy atom. The Kier molecular flexibility index (Phi) is 1.77. The van der Waals surface area contributed by atoms with Gasteiger partial charge in [0, 0.05) is 0 Å². The van der Waals surface area contributed by atoms with Crippen molar-refractivity contribution in [2.45, 2.75) is 11.4 Å². The fraction of sp³-hybridized carbons (Fsp3) is 0.667. The van der Waals surface area contributed by atoms with Crippen LogP contribution >= 0.6 is 15.9 Å². The monoisotopic (exact) mass is 168 g/mol. The fourth-order valence-electron chi connectivity index (χ4n) is 0. The first kappa shape index (κ1) is 6.91. The van der Waals surface area contributed by atoms with Crippen LogP contribution in [0, 0.1) is 0 Å². The molecular weight excluding hydrogens is 164 g/mol. The average Bonchev–Trinajstić information content (AvgIpc) is 1.31. The molecule has 7 heavy (non-hydrogen) atoms. The Morgan fingerprint density at radius 3 is 2.00 bits per heavy atom. The van der Waals surface area contributed by atoms with Crippen LogP contribution in [0.4, 0.5) is 0 Å². The molecule has 0 aromatic rings. The Bertz CT molecular complexity index is 82.7. The summed E-state index contributed by atoms with van der Waals surface area (Å²) >= 11 is 2.50. The van der Waals surface area contributed by atoms with E-state index in [2.05, 4.69) is 15.9 Å². The first-order valence-electron chi connectivity index (χ1n) is 1.59. The molecule has 1 unspecified atom stereocenters. The van der Waals surface area contributed by atoms with Gasteiger partial charge in [0.2, 0.25) is 4.51 Å². The van der Waals surface area contributed by atoms with Crippen molar-refractivity contribution in [2.24, 2.45) is 0 Å². The molecule has 0 saturated heterocycles. The molecule has 0 bridgehead atoms. The van der Waals surface area contributed by atoms with Crippen LogP contribution in [0.5, 0.6) is 0 Å². The lowest BCUT2D eigenvalue weighted by Crippen LogP contribution is -2.26. The maximum atomic E-state index is 9.72. The zero-order chi connectivity index (χ0) is 6.08. The second-order valence-corrected chi connectivity index (χ2v) is 2.80. The van der Waals surface area contributed by atoms with Gasteiger partial charge in [0.05, 0.1) is 0 Å². The van der Waals surface area contributed by atoms with E-state index in [1.54, 1.807) is 0 Å². The van der Waals surface area contributed by atoms with Crippen molar-refractivity contribution < 1.29 is 15.0 Å². The van der Waals surface area contributed by atoms with Crippen molar-refractivity contribution in [1.82, 2.24) is 0 Å². The molecule has 0 fully saturated rings. The van der Waals surface area contributed by atoms with Crippen molar-refractivity contribution in [3.8, 4) is 0 Å². The van der Waals surface area contributed by atoms with Crippen LogP contribution in [0.2, 0.25) is 0 Å². The number of carboxylic acid groups (broad SMARTS) is 1. The van der Waals surface area contributed by atoms with Gasteiger partial charge in [-0.1, -0.05) is 0 Å². The highest BCUT2D eigenvalue weighted by atomic mass is 79.9. The molecule has 0 aliphatic heterocycles. The van der Waals surface area contributed by atoms with Crippen molar-refractivity contribution in [1.29, 1.82) is 0 Å². The van der Waals surface area contributed by atoms with E-state index in [1.807, 2.05) is 0 Å². The van der Waals surface area contributed by atoms with Crippen LogP contribution in [-0.2, 0) is 4.79 Å². The van der Waals surface area contributed by atoms with Gasteiger partial charge in [-0.15, -0.1) is 0 Å². The highest BCUT2D eigenvalue weighted by Gasteiger charge is 2.24. The van der Waals surface area contributed by atoms with Gasteiger partial charge in [-0.2, -0.15) is 0 Å². The number of carboxylic acids is 1. The molecule has 0 aromatic heterocycles. The first-order valence-corrected chi connectivity index (χ1v) is 2.38. The van der Waals surface area contributed by atoms with E-state index in [-0.39, 0.29) is 0 Å². The standard InChI is InChI=1S/C3H5BrO3/c1-3(4,7)2(5)6/h7H,1H3,(H,5,6). The van der Waals surface area contributed by atoms with E-state index in [4.69, 9.17) is 10.2 Å². The Morgan fingerprint density at radius 2 is 2.00 bits per heavy atom. The van der Waals surface area contributed by atoms with E-state index >= 15 is 0 Å². The summed E-state index contributed by atoms with van der Waals surface area (Å²) < 4.78 is -1.77. The van der Waals surface area contributed by atoms with Gasteiger partial charge >= 0.3 is 5.97 Å². The van der Waals surface area contributed by atoms with Gasteiger partial charge in [-0.05, 0) is 22.9 Å². The summed E-state index contributed by atoms with van der Waals surface area (Å²) in [6, 6.07) is 0. The molecule has 0 aliphatic carbocycles. The second-order valence-electron chi connectivity index (χ2n) is 1.26. The molecule has 42 valence electrons. The second kappa shape index (κ2) is 1.79. The molecule has 0 aromatic carbocycles. The van der Waals surface area contributed by atoms with Crippen molar-refractivity contribution in [3.63, 3.8) is 0 Å². The third-order valence-corrected chi connectivity index (χ3v) is 0.730. The third kappa shape index (κ3) is 2.59. The third-order valence-electron chi connectivity index (χ3n) is 0.390. The maximum absolute atomic E-state index is 9.72. The van der Waals surface area contributed by atoms with E-state index in [9.17, 15) is 4.79 Å². The highest BCUT2D eigenvalue weighted by molar-refractivity contribution is 9.10. The van der Waals surface area contributed by atoms with E-state index < -0.39 is 10.5 Å². The van der Waals surface area contributed by atoms with Crippen molar-refractivity contribution in [2.75, 3.05) is 0 Å². The predicted octanol–water partition coefficient (Wildman–Crippen LogP) is 0.174. The lowest BCUT2D eigenvalue weighted by molar-refractivity contribution is -0.147. The van der Waals surface area contributed by atoms with E-state index in [0.29, 0.717) is 0 Å². The molecule has 3 nitrogen and oxygen atoms in total. The minimum atomic E-state index is -1.77. The Labute approximate surface area is 49.1 Å². The summed E-state index contributed by atoms with van der Waals surface area (Å²) in [6.07, 6.45) is 0. The lowest BCUT2D eigenvalue weighted by atomic mass is 10.4. The number of rotatable bonds is 1. The number of aliphatic hydroxyl groups is 1. The predicted molar refractivity (Wildman–Crippen MR) is 27.2 cm³/mol. The molecule has 4 heteroatoms.